The number of benzene rings is 1. The number of hydrogen-bond acceptors (Lipinski definition) is 3. The van der Waals surface area contributed by atoms with Gasteiger partial charge in [-0.25, -0.2) is 0 Å². The zero-order valence-corrected chi connectivity index (χ0v) is 12.9. The lowest BCUT2D eigenvalue weighted by Crippen LogP contribution is -2.36. The lowest BCUT2D eigenvalue weighted by molar-refractivity contribution is -0.137. The third kappa shape index (κ3) is 7.14. The normalized spacial score (nSPS) is 11.4. The molecule has 8 heteroatoms. The first kappa shape index (κ1) is 19.0. The SMILES string of the molecule is CC(C)OCCCNC(=O)C(=O)Nc1cccc(C(F)(F)F)c1. The molecular weight excluding hydrogens is 313 g/mol. The molecule has 0 atom stereocenters. The fraction of sp³-hybridized carbons (Fsp3) is 0.467. The number of nitrogens with one attached hydrogen (secondary N) is 2. The topological polar surface area (TPSA) is 67.4 Å². The highest BCUT2D eigenvalue weighted by molar-refractivity contribution is 6.39. The average molecular weight is 332 g/mol. The number of halogens is 3. The summed E-state index contributed by atoms with van der Waals surface area (Å²) in [5.41, 5.74) is -0.996. The van der Waals surface area contributed by atoms with Crippen LogP contribution in [0.2, 0.25) is 0 Å². The van der Waals surface area contributed by atoms with Gasteiger partial charge in [0.15, 0.2) is 0 Å². The molecule has 2 amide bonds. The summed E-state index contributed by atoms with van der Waals surface area (Å²) in [5, 5.41) is 4.50. The number of amides is 2. The zero-order valence-electron chi connectivity index (χ0n) is 12.9. The Morgan fingerprint density at radius 3 is 2.52 bits per heavy atom. The average Bonchev–Trinajstić information content (AvgIpc) is 2.45. The molecule has 1 rings (SSSR count). The highest BCUT2D eigenvalue weighted by Gasteiger charge is 2.30. The maximum absolute atomic E-state index is 12.6. The molecule has 0 radical (unpaired) electrons. The Labute approximate surface area is 132 Å². The van der Waals surface area contributed by atoms with Gasteiger partial charge in [-0.2, -0.15) is 13.2 Å². The van der Waals surface area contributed by atoms with Crippen molar-refractivity contribution in [3.8, 4) is 0 Å². The zero-order chi connectivity index (χ0) is 17.5. The summed E-state index contributed by atoms with van der Waals surface area (Å²) in [6, 6.07) is 4.07. The van der Waals surface area contributed by atoms with Crippen molar-refractivity contribution in [2.75, 3.05) is 18.5 Å². The third-order valence-corrected chi connectivity index (χ3v) is 2.71. The number of hydrogen-bond donors (Lipinski definition) is 2. The Bertz CT molecular complexity index is 545. The van der Waals surface area contributed by atoms with Crippen molar-refractivity contribution in [2.45, 2.75) is 32.5 Å². The Hall–Kier alpha value is -2.09. The highest BCUT2D eigenvalue weighted by Crippen LogP contribution is 2.30. The van der Waals surface area contributed by atoms with E-state index >= 15 is 0 Å². The summed E-state index contributed by atoms with van der Waals surface area (Å²) in [6.45, 7) is 4.43. The van der Waals surface area contributed by atoms with E-state index in [1.165, 1.54) is 6.07 Å². The van der Waals surface area contributed by atoms with Crippen LogP contribution in [0, 0.1) is 0 Å². The van der Waals surface area contributed by atoms with E-state index in [1.807, 2.05) is 13.8 Å². The summed E-state index contributed by atoms with van der Waals surface area (Å²) in [7, 11) is 0. The van der Waals surface area contributed by atoms with Crippen molar-refractivity contribution in [1.82, 2.24) is 5.32 Å². The minimum atomic E-state index is -4.51. The van der Waals surface area contributed by atoms with Gasteiger partial charge in [-0.3, -0.25) is 9.59 Å². The van der Waals surface area contributed by atoms with Gasteiger partial charge in [0.2, 0.25) is 0 Å². The summed E-state index contributed by atoms with van der Waals surface area (Å²) >= 11 is 0. The van der Waals surface area contributed by atoms with Gasteiger partial charge in [0.1, 0.15) is 0 Å². The Balaban J connectivity index is 2.45. The standard InChI is InChI=1S/C15H19F3N2O3/c1-10(2)23-8-4-7-19-13(21)14(22)20-12-6-3-5-11(9-12)15(16,17)18/h3,5-6,9-10H,4,7-8H2,1-2H3,(H,19,21)(H,20,22). The molecule has 0 fully saturated rings. The number of rotatable bonds is 6. The summed E-state index contributed by atoms with van der Waals surface area (Å²) in [5.74, 6) is -1.93. The van der Waals surface area contributed by atoms with E-state index in [0.717, 1.165) is 18.2 Å². The number of alkyl halides is 3. The number of ether oxygens (including phenoxy) is 1. The van der Waals surface area contributed by atoms with Gasteiger partial charge in [0.05, 0.1) is 11.7 Å². The van der Waals surface area contributed by atoms with Crippen LogP contribution in [0.25, 0.3) is 0 Å². The van der Waals surface area contributed by atoms with E-state index in [2.05, 4.69) is 10.6 Å². The molecule has 128 valence electrons. The van der Waals surface area contributed by atoms with Gasteiger partial charge in [-0.15, -0.1) is 0 Å². The van der Waals surface area contributed by atoms with Gasteiger partial charge < -0.3 is 15.4 Å². The third-order valence-electron chi connectivity index (χ3n) is 2.71. The van der Waals surface area contributed by atoms with Gasteiger partial charge in [-0.05, 0) is 38.5 Å². The minimum absolute atomic E-state index is 0.0786. The smallest absolute Gasteiger partial charge is 0.379 e. The largest absolute Gasteiger partial charge is 0.416 e. The van der Waals surface area contributed by atoms with Crippen LogP contribution in [-0.2, 0) is 20.5 Å². The molecule has 0 aromatic heterocycles. The van der Waals surface area contributed by atoms with Gasteiger partial charge in [-0.1, -0.05) is 6.07 Å². The van der Waals surface area contributed by atoms with Crippen molar-refractivity contribution < 1.29 is 27.5 Å². The molecule has 0 heterocycles. The lowest BCUT2D eigenvalue weighted by atomic mass is 10.2. The molecule has 2 N–H and O–H groups in total. The Morgan fingerprint density at radius 1 is 1.22 bits per heavy atom. The quantitative estimate of drug-likeness (QED) is 0.621. The second-order valence-corrected chi connectivity index (χ2v) is 5.06. The molecule has 0 saturated carbocycles. The minimum Gasteiger partial charge on any atom is -0.379 e. The van der Waals surface area contributed by atoms with E-state index < -0.39 is 23.6 Å². The van der Waals surface area contributed by atoms with Crippen LogP contribution < -0.4 is 10.6 Å². The monoisotopic (exact) mass is 332 g/mol. The molecular formula is C15H19F3N2O3. The molecule has 0 aliphatic carbocycles. The summed E-state index contributed by atoms with van der Waals surface area (Å²) in [6.07, 6.45) is -3.91. The second kappa shape index (κ2) is 8.52. The maximum Gasteiger partial charge on any atom is 0.416 e. The van der Waals surface area contributed by atoms with E-state index in [0.29, 0.717) is 13.0 Å². The van der Waals surface area contributed by atoms with Crippen LogP contribution in [0.4, 0.5) is 18.9 Å². The predicted molar refractivity (Wildman–Crippen MR) is 78.8 cm³/mol. The van der Waals surface area contributed by atoms with Gasteiger partial charge in [0.25, 0.3) is 0 Å². The first-order chi connectivity index (χ1) is 10.7. The molecule has 23 heavy (non-hydrogen) atoms. The molecule has 0 aliphatic heterocycles. The number of carbonyl (C=O) groups excluding carboxylic acids is 2. The second-order valence-electron chi connectivity index (χ2n) is 5.06. The van der Waals surface area contributed by atoms with Gasteiger partial charge >= 0.3 is 18.0 Å². The van der Waals surface area contributed by atoms with Crippen LogP contribution in [0.5, 0.6) is 0 Å². The van der Waals surface area contributed by atoms with Crippen LogP contribution in [0.3, 0.4) is 0 Å². The van der Waals surface area contributed by atoms with Crippen molar-refractivity contribution >= 4 is 17.5 Å². The molecule has 0 bridgehead atoms. The maximum atomic E-state index is 12.6. The van der Waals surface area contributed by atoms with Gasteiger partial charge in [0, 0.05) is 18.8 Å². The van der Waals surface area contributed by atoms with E-state index in [9.17, 15) is 22.8 Å². The highest BCUT2D eigenvalue weighted by atomic mass is 19.4. The fourth-order valence-corrected chi connectivity index (χ4v) is 1.63. The van der Waals surface area contributed by atoms with Crippen LogP contribution >= 0.6 is 0 Å². The van der Waals surface area contributed by atoms with Crippen molar-refractivity contribution in [3.63, 3.8) is 0 Å². The van der Waals surface area contributed by atoms with Crippen molar-refractivity contribution in [3.05, 3.63) is 29.8 Å². The molecule has 1 aromatic rings. The molecule has 5 nitrogen and oxygen atoms in total. The van der Waals surface area contributed by atoms with E-state index in [1.54, 1.807) is 0 Å². The number of anilines is 1. The van der Waals surface area contributed by atoms with Crippen LogP contribution in [0.1, 0.15) is 25.8 Å². The van der Waals surface area contributed by atoms with Crippen molar-refractivity contribution in [2.24, 2.45) is 0 Å². The fourth-order valence-electron chi connectivity index (χ4n) is 1.63. The molecule has 1 aromatic carbocycles. The molecule has 0 spiro atoms. The first-order valence-electron chi connectivity index (χ1n) is 7.08. The Kier molecular flexibility index (Phi) is 7.02. The summed E-state index contributed by atoms with van der Waals surface area (Å²) < 4.78 is 42.9. The van der Waals surface area contributed by atoms with Crippen LogP contribution in [0.15, 0.2) is 24.3 Å². The molecule has 0 aliphatic rings. The van der Waals surface area contributed by atoms with Crippen molar-refractivity contribution in [1.29, 1.82) is 0 Å². The molecule has 0 unspecified atom stereocenters. The number of carbonyl (C=O) groups is 2. The Morgan fingerprint density at radius 2 is 1.91 bits per heavy atom. The predicted octanol–water partition coefficient (Wildman–Crippen LogP) is 2.58. The van der Waals surface area contributed by atoms with E-state index in [4.69, 9.17) is 4.74 Å². The summed E-state index contributed by atoms with van der Waals surface area (Å²) in [4.78, 5) is 23.1. The van der Waals surface area contributed by atoms with E-state index in [-0.39, 0.29) is 18.3 Å². The lowest BCUT2D eigenvalue weighted by Gasteiger charge is -2.10. The first-order valence-corrected chi connectivity index (χ1v) is 7.08. The van der Waals surface area contributed by atoms with Crippen LogP contribution in [-0.4, -0.2) is 31.1 Å². The molecule has 0 saturated heterocycles.